The summed E-state index contributed by atoms with van der Waals surface area (Å²) < 4.78 is 8.31. The highest BCUT2D eigenvalue weighted by Crippen LogP contribution is 2.36. The predicted octanol–water partition coefficient (Wildman–Crippen LogP) is 3.66. The second-order valence-electron chi connectivity index (χ2n) is 3.89. The van der Waals surface area contributed by atoms with Crippen LogP contribution >= 0.6 is 22.7 Å². The summed E-state index contributed by atoms with van der Waals surface area (Å²) in [6.45, 7) is 2.62. The first-order valence-corrected chi connectivity index (χ1v) is 7.38. The third-order valence-corrected chi connectivity index (χ3v) is 4.86. The van der Waals surface area contributed by atoms with Crippen molar-refractivity contribution in [2.75, 3.05) is 6.61 Å². The molecule has 0 amide bonds. The average molecular weight is 277 g/mol. The number of ether oxygens (including phenoxy) is 1. The molecule has 3 rings (SSSR count). The van der Waals surface area contributed by atoms with Crippen LogP contribution in [0.25, 0.3) is 19.5 Å². The van der Waals surface area contributed by atoms with Crippen LogP contribution in [0.5, 0.6) is 5.19 Å². The van der Waals surface area contributed by atoms with E-state index in [0.29, 0.717) is 11.8 Å². The first-order chi connectivity index (χ1) is 8.79. The monoisotopic (exact) mass is 277 g/mol. The third kappa shape index (κ3) is 1.89. The molecule has 0 atom stereocenters. The van der Waals surface area contributed by atoms with Crippen LogP contribution in [0.2, 0.25) is 0 Å². The van der Waals surface area contributed by atoms with E-state index >= 15 is 0 Å². The van der Waals surface area contributed by atoms with Crippen molar-refractivity contribution in [1.82, 2.24) is 4.98 Å². The van der Waals surface area contributed by atoms with Gasteiger partial charge in [-0.1, -0.05) is 36.5 Å². The largest absolute Gasteiger partial charge is 0.470 e. The molecule has 0 aliphatic rings. The maximum absolute atomic E-state index is 12.0. The Kier molecular flexibility index (Phi) is 3.01. The summed E-state index contributed by atoms with van der Waals surface area (Å²) in [5.41, 5.74) is -0.184. The SMILES string of the molecule is CCCOc1nc(=O)c2sc3ccccc3c2s1. The number of hydrogen-bond acceptors (Lipinski definition) is 5. The molecule has 18 heavy (non-hydrogen) atoms. The van der Waals surface area contributed by atoms with E-state index in [1.807, 2.05) is 31.2 Å². The molecule has 2 aromatic heterocycles. The number of hydrogen-bond donors (Lipinski definition) is 0. The lowest BCUT2D eigenvalue weighted by Gasteiger charge is -2.00. The van der Waals surface area contributed by atoms with Crippen molar-refractivity contribution >= 4 is 42.2 Å². The highest BCUT2D eigenvalue weighted by Gasteiger charge is 2.11. The predicted molar refractivity (Wildman–Crippen MR) is 77.1 cm³/mol. The van der Waals surface area contributed by atoms with Gasteiger partial charge in [0.2, 0.25) is 0 Å². The van der Waals surface area contributed by atoms with E-state index in [9.17, 15) is 4.79 Å². The minimum Gasteiger partial charge on any atom is -0.470 e. The highest BCUT2D eigenvalue weighted by molar-refractivity contribution is 7.32. The Labute approximate surface area is 112 Å². The minimum absolute atomic E-state index is 0.184. The van der Waals surface area contributed by atoms with E-state index in [1.54, 1.807) is 0 Å². The molecule has 2 heterocycles. The smallest absolute Gasteiger partial charge is 0.292 e. The molecule has 0 spiro atoms. The van der Waals surface area contributed by atoms with Crippen LogP contribution in [0, 0.1) is 0 Å². The van der Waals surface area contributed by atoms with Crippen LogP contribution in [0.3, 0.4) is 0 Å². The Bertz CT molecular complexity index is 760. The quantitative estimate of drug-likeness (QED) is 0.733. The first-order valence-electron chi connectivity index (χ1n) is 5.75. The van der Waals surface area contributed by atoms with Crippen molar-refractivity contribution in [2.45, 2.75) is 13.3 Å². The number of benzene rings is 1. The van der Waals surface area contributed by atoms with Crippen molar-refractivity contribution in [3.05, 3.63) is 34.6 Å². The van der Waals surface area contributed by atoms with Gasteiger partial charge in [-0.05, 0) is 12.5 Å². The van der Waals surface area contributed by atoms with Crippen LogP contribution in [0.4, 0.5) is 0 Å². The van der Waals surface area contributed by atoms with Crippen LogP contribution in [-0.2, 0) is 0 Å². The Hall–Kier alpha value is -1.46. The molecule has 0 aliphatic heterocycles. The summed E-state index contributed by atoms with van der Waals surface area (Å²) in [5.74, 6) is 0. The van der Waals surface area contributed by atoms with Gasteiger partial charge in [-0.15, -0.1) is 11.3 Å². The lowest BCUT2D eigenvalue weighted by molar-refractivity contribution is 0.314. The van der Waals surface area contributed by atoms with Gasteiger partial charge < -0.3 is 4.74 Å². The summed E-state index contributed by atoms with van der Waals surface area (Å²) in [7, 11) is 0. The van der Waals surface area contributed by atoms with Gasteiger partial charge in [0.1, 0.15) is 4.70 Å². The van der Waals surface area contributed by atoms with Crippen LogP contribution in [0.1, 0.15) is 13.3 Å². The van der Waals surface area contributed by atoms with E-state index in [-0.39, 0.29) is 5.56 Å². The maximum atomic E-state index is 12.0. The molecule has 0 aliphatic carbocycles. The van der Waals surface area contributed by atoms with Gasteiger partial charge in [0.15, 0.2) is 0 Å². The molecular weight excluding hydrogens is 266 g/mol. The highest BCUT2D eigenvalue weighted by atomic mass is 32.1. The molecule has 0 fully saturated rings. The van der Waals surface area contributed by atoms with Gasteiger partial charge in [-0.2, -0.15) is 4.98 Å². The molecule has 1 aromatic carbocycles. The maximum Gasteiger partial charge on any atom is 0.292 e. The Balaban J connectivity index is 2.27. The first kappa shape index (κ1) is 11.6. The van der Waals surface area contributed by atoms with E-state index in [1.165, 1.54) is 22.7 Å². The molecule has 0 saturated heterocycles. The van der Waals surface area contributed by atoms with Crippen molar-refractivity contribution < 1.29 is 4.74 Å². The molecule has 3 nitrogen and oxygen atoms in total. The fraction of sp³-hybridized carbons (Fsp3) is 0.231. The molecule has 0 radical (unpaired) electrons. The standard InChI is InChI=1S/C13H11NO2S2/c1-2-7-16-13-14-12(15)11-10(18-13)8-5-3-4-6-9(8)17-11/h3-6H,2,7H2,1H3. The van der Waals surface area contributed by atoms with E-state index in [4.69, 9.17) is 4.74 Å². The van der Waals surface area contributed by atoms with Gasteiger partial charge in [0.25, 0.3) is 10.8 Å². The number of rotatable bonds is 3. The molecule has 3 aromatic rings. The average Bonchev–Trinajstić information content (AvgIpc) is 2.76. The molecule has 0 unspecified atom stereocenters. The summed E-state index contributed by atoms with van der Waals surface area (Å²) >= 11 is 2.95. The fourth-order valence-corrected chi connectivity index (χ4v) is 3.97. The molecule has 0 N–H and O–H groups in total. The summed E-state index contributed by atoms with van der Waals surface area (Å²) in [6.07, 6.45) is 0.908. The van der Waals surface area contributed by atoms with Gasteiger partial charge in [-0.3, -0.25) is 4.79 Å². The fourth-order valence-electron chi connectivity index (χ4n) is 1.76. The van der Waals surface area contributed by atoms with Crippen molar-refractivity contribution in [3.8, 4) is 5.19 Å². The molecule has 0 saturated carbocycles. The van der Waals surface area contributed by atoms with Crippen LogP contribution in [0.15, 0.2) is 29.1 Å². The van der Waals surface area contributed by atoms with Gasteiger partial charge in [0.05, 0.1) is 11.3 Å². The van der Waals surface area contributed by atoms with Crippen molar-refractivity contribution in [1.29, 1.82) is 0 Å². The zero-order valence-corrected chi connectivity index (χ0v) is 11.4. The van der Waals surface area contributed by atoms with Crippen LogP contribution < -0.4 is 10.3 Å². The lowest BCUT2D eigenvalue weighted by atomic mass is 10.2. The molecule has 0 bridgehead atoms. The molecule has 92 valence electrons. The Morgan fingerprint density at radius 1 is 1.22 bits per heavy atom. The summed E-state index contributed by atoms with van der Waals surface area (Å²) in [6, 6.07) is 8.03. The van der Waals surface area contributed by atoms with Crippen LogP contribution in [-0.4, -0.2) is 11.6 Å². The van der Waals surface area contributed by atoms with Gasteiger partial charge in [0, 0.05) is 10.1 Å². The normalized spacial score (nSPS) is 11.2. The second kappa shape index (κ2) is 4.66. The van der Waals surface area contributed by atoms with Gasteiger partial charge >= 0.3 is 0 Å². The van der Waals surface area contributed by atoms with Crippen molar-refractivity contribution in [3.63, 3.8) is 0 Å². The third-order valence-electron chi connectivity index (χ3n) is 2.56. The zero-order chi connectivity index (χ0) is 12.5. The minimum atomic E-state index is -0.184. The van der Waals surface area contributed by atoms with Gasteiger partial charge in [-0.25, -0.2) is 0 Å². The number of fused-ring (bicyclic) bond motifs is 3. The zero-order valence-electron chi connectivity index (χ0n) is 9.80. The molecular formula is C13H11NO2S2. The summed E-state index contributed by atoms with van der Waals surface area (Å²) in [5, 5.41) is 1.58. The number of thiophene rings is 1. The molecule has 5 heteroatoms. The van der Waals surface area contributed by atoms with E-state index in [0.717, 1.165) is 25.9 Å². The number of aromatic nitrogens is 1. The second-order valence-corrected chi connectivity index (χ2v) is 5.90. The topological polar surface area (TPSA) is 39.2 Å². The van der Waals surface area contributed by atoms with Crippen molar-refractivity contribution in [2.24, 2.45) is 0 Å². The van der Waals surface area contributed by atoms with E-state index in [2.05, 4.69) is 4.98 Å². The lowest BCUT2D eigenvalue weighted by Crippen LogP contribution is -2.06. The summed E-state index contributed by atoms with van der Waals surface area (Å²) in [4.78, 5) is 15.9. The number of nitrogens with zero attached hydrogens (tertiary/aromatic N) is 1. The Morgan fingerprint density at radius 2 is 2.06 bits per heavy atom. The Morgan fingerprint density at radius 3 is 2.89 bits per heavy atom. The van der Waals surface area contributed by atoms with E-state index < -0.39 is 0 Å².